The first-order valence-electron chi connectivity index (χ1n) is 15.3. The first-order valence-corrected chi connectivity index (χ1v) is 15.3. The molecule has 0 saturated carbocycles. The van der Waals surface area contributed by atoms with Crippen LogP contribution >= 0.6 is 0 Å². The van der Waals surface area contributed by atoms with Crippen LogP contribution in [0.4, 0.5) is 0 Å². The lowest BCUT2D eigenvalue weighted by atomic mass is 9.88. The van der Waals surface area contributed by atoms with Gasteiger partial charge in [-0.1, -0.05) is 97.1 Å². The first kappa shape index (κ1) is 26.9. The minimum Gasteiger partial charge on any atom is -0.456 e. The van der Waals surface area contributed by atoms with Crippen LogP contribution in [0.15, 0.2) is 120 Å². The lowest BCUT2D eigenvalue weighted by Gasteiger charge is -2.16. The number of furan rings is 1. The molecule has 216 valence electrons. The van der Waals surface area contributed by atoms with Gasteiger partial charge in [0.05, 0.1) is 5.69 Å². The summed E-state index contributed by atoms with van der Waals surface area (Å²) < 4.78 is 6.43. The Hall–Kier alpha value is -5.68. The number of benzene rings is 4. The average Bonchev–Trinajstić information content (AvgIpc) is 3.48. The molecule has 0 N–H and O–H groups in total. The van der Waals surface area contributed by atoms with Crippen molar-refractivity contribution in [3.05, 3.63) is 143 Å². The molecule has 5 nitrogen and oxygen atoms in total. The molecule has 1 aliphatic rings. The first-order chi connectivity index (χ1) is 22.1. The van der Waals surface area contributed by atoms with Crippen molar-refractivity contribution in [2.24, 2.45) is 0 Å². The lowest BCUT2D eigenvalue weighted by molar-refractivity contribution is 0.570. The molecule has 0 saturated heterocycles. The van der Waals surface area contributed by atoms with E-state index >= 15 is 0 Å². The molecule has 1 atom stereocenters. The topological polar surface area (TPSA) is 64.7 Å². The van der Waals surface area contributed by atoms with Crippen LogP contribution in [-0.2, 0) is 0 Å². The molecule has 3 heterocycles. The van der Waals surface area contributed by atoms with Gasteiger partial charge in [0.25, 0.3) is 0 Å². The van der Waals surface area contributed by atoms with Gasteiger partial charge in [0.15, 0.2) is 17.5 Å². The summed E-state index contributed by atoms with van der Waals surface area (Å²) in [6, 6.07) is 37.1. The SMILES string of the molecule is Cc1ccc(C2C=c3c(oc4cccc(-c5nc(-c6ccccc6)nc(-c6ccccc6)n5)c34)=CC2)cc1-c1ncccc1C. The molecular weight excluding hydrogens is 552 g/mol. The molecule has 7 aromatic rings. The maximum Gasteiger partial charge on any atom is 0.164 e. The van der Waals surface area contributed by atoms with E-state index in [1.165, 1.54) is 22.3 Å². The van der Waals surface area contributed by atoms with Gasteiger partial charge in [0, 0.05) is 45.0 Å². The smallest absolute Gasteiger partial charge is 0.164 e. The number of aryl methyl sites for hydroxylation is 2. The number of rotatable bonds is 5. The Labute approximate surface area is 261 Å². The predicted molar refractivity (Wildman–Crippen MR) is 181 cm³/mol. The second kappa shape index (κ2) is 11.1. The van der Waals surface area contributed by atoms with Crippen LogP contribution in [0.5, 0.6) is 0 Å². The summed E-state index contributed by atoms with van der Waals surface area (Å²) in [7, 11) is 0. The van der Waals surface area contributed by atoms with Crippen LogP contribution in [0, 0.1) is 13.8 Å². The summed E-state index contributed by atoms with van der Waals surface area (Å²) in [6.45, 7) is 4.27. The third kappa shape index (κ3) is 4.92. The molecule has 4 aromatic carbocycles. The molecule has 0 spiro atoms. The average molecular weight is 583 g/mol. The van der Waals surface area contributed by atoms with Crippen LogP contribution < -0.4 is 10.6 Å². The second-order valence-electron chi connectivity index (χ2n) is 11.6. The Bertz CT molecular complexity index is 2270. The number of aromatic nitrogens is 4. The van der Waals surface area contributed by atoms with Crippen LogP contribution in [0.2, 0.25) is 0 Å². The molecule has 1 aliphatic carbocycles. The van der Waals surface area contributed by atoms with Crippen LogP contribution in [0.25, 0.3) is 68.5 Å². The minimum absolute atomic E-state index is 0.188. The van der Waals surface area contributed by atoms with Gasteiger partial charge in [-0.3, -0.25) is 4.98 Å². The van der Waals surface area contributed by atoms with Gasteiger partial charge < -0.3 is 4.42 Å². The molecular formula is C40H30N4O. The molecule has 0 radical (unpaired) electrons. The highest BCUT2D eigenvalue weighted by Gasteiger charge is 2.20. The van der Waals surface area contributed by atoms with Crippen LogP contribution in [-0.4, -0.2) is 19.9 Å². The summed E-state index contributed by atoms with van der Waals surface area (Å²) in [5.41, 5.74) is 10.4. The van der Waals surface area contributed by atoms with Gasteiger partial charge in [-0.05, 0) is 61.2 Å². The number of hydrogen-bond acceptors (Lipinski definition) is 5. The highest BCUT2D eigenvalue weighted by molar-refractivity contribution is 5.94. The second-order valence-corrected chi connectivity index (χ2v) is 11.6. The van der Waals surface area contributed by atoms with Crippen molar-refractivity contribution < 1.29 is 4.42 Å². The number of hydrogen-bond donors (Lipinski definition) is 0. The molecule has 1 unspecified atom stereocenters. The predicted octanol–water partition coefficient (Wildman–Crippen LogP) is 8.05. The van der Waals surface area contributed by atoms with E-state index < -0.39 is 0 Å². The largest absolute Gasteiger partial charge is 0.456 e. The summed E-state index contributed by atoms with van der Waals surface area (Å²) in [5, 5.41) is 2.10. The molecule has 0 fully saturated rings. The zero-order valence-corrected chi connectivity index (χ0v) is 25.1. The van der Waals surface area contributed by atoms with E-state index in [0.29, 0.717) is 17.5 Å². The number of pyridine rings is 1. The number of fused-ring (bicyclic) bond motifs is 3. The van der Waals surface area contributed by atoms with Gasteiger partial charge in [-0.2, -0.15) is 0 Å². The Morgan fingerprint density at radius 1 is 0.644 bits per heavy atom. The zero-order chi connectivity index (χ0) is 30.3. The van der Waals surface area contributed by atoms with Gasteiger partial charge in [0.1, 0.15) is 11.0 Å². The van der Waals surface area contributed by atoms with E-state index in [-0.39, 0.29) is 5.92 Å². The quantitative estimate of drug-likeness (QED) is 0.206. The van der Waals surface area contributed by atoms with E-state index in [1.54, 1.807) is 0 Å². The monoisotopic (exact) mass is 582 g/mol. The summed E-state index contributed by atoms with van der Waals surface area (Å²) in [6.07, 6.45) is 7.29. The Morgan fingerprint density at radius 3 is 2.07 bits per heavy atom. The Morgan fingerprint density at radius 2 is 1.36 bits per heavy atom. The molecule has 5 heteroatoms. The van der Waals surface area contributed by atoms with Crippen molar-refractivity contribution >= 4 is 23.1 Å². The van der Waals surface area contributed by atoms with Crippen molar-refractivity contribution in [3.63, 3.8) is 0 Å². The standard InChI is InChI=1S/C40H30N4O/c1-25-18-19-29(23-32(25)37-26(2)11-10-22-41-37)30-20-21-34-33(24-30)36-31(16-9-17-35(36)45-34)40-43-38(27-12-5-3-6-13-27)42-39(44-40)28-14-7-4-8-15-28/h3-19,21-24,30H,20H2,1-2H3. The zero-order valence-electron chi connectivity index (χ0n) is 25.1. The molecule has 0 amide bonds. The minimum atomic E-state index is 0.188. The van der Waals surface area contributed by atoms with Crippen molar-refractivity contribution in [3.8, 4) is 45.4 Å². The molecule has 8 rings (SSSR count). The molecule has 0 bridgehead atoms. The molecule has 0 aliphatic heterocycles. The van der Waals surface area contributed by atoms with Crippen molar-refractivity contribution in [1.82, 2.24) is 19.9 Å². The third-order valence-electron chi connectivity index (χ3n) is 8.60. The number of nitrogens with zero attached hydrogens (tertiary/aromatic N) is 4. The van der Waals surface area contributed by atoms with Crippen LogP contribution in [0.1, 0.15) is 29.0 Å². The molecule has 45 heavy (non-hydrogen) atoms. The third-order valence-corrected chi connectivity index (χ3v) is 8.60. The maximum absolute atomic E-state index is 6.43. The van der Waals surface area contributed by atoms with Gasteiger partial charge in [0.2, 0.25) is 0 Å². The summed E-state index contributed by atoms with van der Waals surface area (Å²) in [4.78, 5) is 19.7. The van der Waals surface area contributed by atoms with E-state index in [0.717, 1.165) is 50.4 Å². The van der Waals surface area contributed by atoms with Crippen molar-refractivity contribution in [2.75, 3.05) is 0 Å². The van der Waals surface area contributed by atoms with E-state index in [4.69, 9.17) is 24.4 Å². The fourth-order valence-electron chi connectivity index (χ4n) is 6.25. The fourth-order valence-corrected chi connectivity index (χ4v) is 6.25. The van der Waals surface area contributed by atoms with Gasteiger partial charge in [-0.15, -0.1) is 0 Å². The lowest BCUT2D eigenvalue weighted by Crippen LogP contribution is -2.25. The normalized spacial score (nSPS) is 14.0. The Kier molecular flexibility index (Phi) is 6.64. The fraction of sp³-hybridized carbons (Fsp3) is 0.100. The maximum atomic E-state index is 6.43. The van der Waals surface area contributed by atoms with E-state index in [9.17, 15) is 0 Å². The van der Waals surface area contributed by atoms with Crippen molar-refractivity contribution in [2.45, 2.75) is 26.2 Å². The highest BCUT2D eigenvalue weighted by Crippen LogP contribution is 2.33. The van der Waals surface area contributed by atoms with Gasteiger partial charge >= 0.3 is 0 Å². The molecule has 3 aromatic heterocycles. The van der Waals surface area contributed by atoms with Crippen molar-refractivity contribution in [1.29, 1.82) is 0 Å². The summed E-state index contributed by atoms with van der Waals surface area (Å²) in [5.74, 6) is 2.09. The van der Waals surface area contributed by atoms with Crippen LogP contribution in [0.3, 0.4) is 0 Å². The highest BCUT2D eigenvalue weighted by atomic mass is 16.3. The van der Waals surface area contributed by atoms with E-state index in [1.807, 2.05) is 85.1 Å². The Balaban J connectivity index is 1.30. The van der Waals surface area contributed by atoms with E-state index in [2.05, 4.69) is 56.3 Å². The van der Waals surface area contributed by atoms with Gasteiger partial charge in [-0.25, -0.2) is 15.0 Å². The summed E-state index contributed by atoms with van der Waals surface area (Å²) >= 11 is 0.